The summed E-state index contributed by atoms with van der Waals surface area (Å²) in [7, 11) is 0. The zero-order valence-corrected chi connectivity index (χ0v) is 13.5. The normalized spacial score (nSPS) is 16.5. The number of aromatic nitrogens is 2. The fraction of sp³-hybridized carbons (Fsp3) is 0.263. The molecule has 1 aliphatic rings. The van der Waals surface area contributed by atoms with Gasteiger partial charge in [0.2, 0.25) is 0 Å². The van der Waals surface area contributed by atoms with Crippen molar-refractivity contribution in [1.82, 2.24) is 14.7 Å². The molecule has 0 bridgehead atoms. The highest BCUT2D eigenvalue weighted by molar-refractivity contribution is 5.88. The van der Waals surface area contributed by atoms with Crippen LogP contribution in [-0.4, -0.2) is 26.5 Å². The molecular formula is C19H19N3O2. The Morgan fingerprint density at radius 1 is 1.29 bits per heavy atom. The van der Waals surface area contributed by atoms with Gasteiger partial charge in [-0.2, -0.15) is 0 Å². The van der Waals surface area contributed by atoms with Gasteiger partial charge in [0.1, 0.15) is 5.65 Å². The van der Waals surface area contributed by atoms with Gasteiger partial charge in [0.15, 0.2) is 0 Å². The number of nitrogens with one attached hydrogen (secondary N) is 1. The number of nitrogens with zero attached hydrogens (tertiary/aromatic N) is 2. The van der Waals surface area contributed by atoms with E-state index in [1.165, 1.54) is 11.3 Å². The van der Waals surface area contributed by atoms with E-state index in [0.717, 1.165) is 36.3 Å². The van der Waals surface area contributed by atoms with E-state index in [0.29, 0.717) is 11.6 Å². The molecule has 1 aliphatic carbocycles. The fourth-order valence-corrected chi connectivity index (χ4v) is 3.55. The summed E-state index contributed by atoms with van der Waals surface area (Å²) < 4.78 is 2.16. The van der Waals surface area contributed by atoms with Crippen molar-refractivity contribution in [3.05, 3.63) is 70.7 Å². The third kappa shape index (κ3) is 2.57. The first kappa shape index (κ1) is 14.9. The van der Waals surface area contributed by atoms with Crippen LogP contribution in [-0.2, 0) is 19.4 Å². The SMILES string of the molecule is Cc1cccc2ncc(CNC3Cc4ccc(C(=O)O)cc4C3)n12. The lowest BCUT2D eigenvalue weighted by molar-refractivity contribution is 0.0697. The summed E-state index contributed by atoms with van der Waals surface area (Å²) in [4.78, 5) is 15.5. The summed E-state index contributed by atoms with van der Waals surface area (Å²) in [6.07, 6.45) is 3.72. The molecule has 24 heavy (non-hydrogen) atoms. The van der Waals surface area contributed by atoms with Gasteiger partial charge in [-0.3, -0.25) is 0 Å². The van der Waals surface area contributed by atoms with Gasteiger partial charge in [-0.25, -0.2) is 9.78 Å². The van der Waals surface area contributed by atoms with Crippen molar-refractivity contribution in [3.8, 4) is 0 Å². The summed E-state index contributed by atoms with van der Waals surface area (Å²) in [5, 5.41) is 12.7. The molecule has 0 radical (unpaired) electrons. The zero-order chi connectivity index (χ0) is 16.7. The number of aryl methyl sites for hydroxylation is 1. The van der Waals surface area contributed by atoms with Crippen LogP contribution in [0.5, 0.6) is 0 Å². The Balaban J connectivity index is 1.48. The summed E-state index contributed by atoms with van der Waals surface area (Å²) in [6.45, 7) is 2.83. The van der Waals surface area contributed by atoms with Crippen molar-refractivity contribution < 1.29 is 9.90 Å². The highest BCUT2D eigenvalue weighted by Gasteiger charge is 2.22. The monoisotopic (exact) mass is 321 g/mol. The molecule has 122 valence electrons. The van der Waals surface area contributed by atoms with Crippen molar-refractivity contribution in [2.45, 2.75) is 32.4 Å². The second-order valence-electron chi connectivity index (χ2n) is 6.39. The second-order valence-corrected chi connectivity index (χ2v) is 6.39. The van der Waals surface area contributed by atoms with Crippen LogP contribution in [0.4, 0.5) is 0 Å². The number of carbonyl (C=O) groups is 1. The first-order chi connectivity index (χ1) is 11.6. The van der Waals surface area contributed by atoms with Crippen LogP contribution in [0.25, 0.3) is 5.65 Å². The Morgan fingerprint density at radius 3 is 2.96 bits per heavy atom. The van der Waals surface area contributed by atoms with Crippen molar-refractivity contribution >= 4 is 11.6 Å². The molecule has 0 aliphatic heterocycles. The number of imidazole rings is 1. The van der Waals surface area contributed by atoms with Crippen molar-refractivity contribution in [2.75, 3.05) is 0 Å². The number of hydrogen-bond donors (Lipinski definition) is 2. The Kier molecular flexibility index (Phi) is 3.58. The van der Waals surface area contributed by atoms with E-state index < -0.39 is 5.97 Å². The van der Waals surface area contributed by atoms with Crippen LogP contribution in [0, 0.1) is 6.92 Å². The molecule has 2 N–H and O–H groups in total. The topological polar surface area (TPSA) is 66.6 Å². The van der Waals surface area contributed by atoms with Crippen molar-refractivity contribution in [2.24, 2.45) is 0 Å². The lowest BCUT2D eigenvalue weighted by Gasteiger charge is -2.12. The minimum absolute atomic E-state index is 0.332. The molecule has 0 amide bonds. The molecule has 5 nitrogen and oxygen atoms in total. The van der Waals surface area contributed by atoms with Gasteiger partial charge < -0.3 is 14.8 Å². The zero-order valence-electron chi connectivity index (χ0n) is 13.5. The van der Waals surface area contributed by atoms with E-state index in [1.807, 2.05) is 24.4 Å². The van der Waals surface area contributed by atoms with E-state index in [1.54, 1.807) is 12.1 Å². The maximum absolute atomic E-state index is 11.1. The van der Waals surface area contributed by atoms with Crippen LogP contribution in [0.3, 0.4) is 0 Å². The quantitative estimate of drug-likeness (QED) is 0.775. The molecule has 0 saturated heterocycles. The van der Waals surface area contributed by atoms with E-state index in [2.05, 4.69) is 27.7 Å². The Morgan fingerprint density at radius 2 is 2.12 bits per heavy atom. The molecule has 5 heteroatoms. The van der Waals surface area contributed by atoms with Crippen LogP contribution >= 0.6 is 0 Å². The molecule has 2 aromatic heterocycles. The lowest BCUT2D eigenvalue weighted by atomic mass is 10.1. The van der Waals surface area contributed by atoms with Crippen LogP contribution in [0.2, 0.25) is 0 Å². The molecule has 1 atom stereocenters. The predicted octanol–water partition coefficient (Wildman–Crippen LogP) is 2.60. The molecule has 4 rings (SSSR count). The fourth-order valence-electron chi connectivity index (χ4n) is 3.55. The lowest BCUT2D eigenvalue weighted by Crippen LogP contribution is -2.29. The number of aromatic carboxylic acids is 1. The van der Waals surface area contributed by atoms with Gasteiger partial charge in [0, 0.05) is 18.3 Å². The Bertz CT molecular complexity index is 930. The summed E-state index contributed by atoms with van der Waals surface area (Å²) in [5.74, 6) is -0.865. The van der Waals surface area contributed by atoms with Gasteiger partial charge in [-0.1, -0.05) is 12.1 Å². The Labute approximate surface area is 140 Å². The highest BCUT2D eigenvalue weighted by Crippen LogP contribution is 2.24. The van der Waals surface area contributed by atoms with Crippen LogP contribution in [0.15, 0.2) is 42.6 Å². The molecule has 0 saturated carbocycles. The Hall–Kier alpha value is -2.66. The number of pyridine rings is 1. The number of carboxylic acid groups (broad SMARTS) is 1. The van der Waals surface area contributed by atoms with E-state index in [9.17, 15) is 4.79 Å². The van der Waals surface area contributed by atoms with Crippen molar-refractivity contribution in [3.63, 3.8) is 0 Å². The first-order valence-corrected chi connectivity index (χ1v) is 8.12. The molecule has 2 heterocycles. The predicted molar refractivity (Wildman–Crippen MR) is 91.4 cm³/mol. The molecule has 0 spiro atoms. The molecule has 0 fully saturated rings. The van der Waals surface area contributed by atoms with E-state index in [-0.39, 0.29) is 0 Å². The largest absolute Gasteiger partial charge is 0.478 e. The van der Waals surface area contributed by atoms with Gasteiger partial charge in [0.25, 0.3) is 0 Å². The standard InChI is InChI=1S/C19H19N3O2/c1-12-3-2-4-18-21-11-17(22(12)18)10-20-16-8-13-5-6-14(19(23)24)7-15(13)9-16/h2-7,11,16,20H,8-10H2,1H3,(H,23,24). The number of hydrogen-bond acceptors (Lipinski definition) is 3. The maximum Gasteiger partial charge on any atom is 0.335 e. The van der Waals surface area contributed by atoms with Crippen LogP contribution < -0.4 is 5.32 Å². The summed E-state index contributed by atoms with van der Waals surface area (Å²) in [5.41, 5.74) is 6.03. The number of carboxylic acids is 1. The third-order valence-electron chi connectivity index (χ3n) is 4.76. The van der Waals surface area contributed by atoms with Gasteiger partial charge in [-0.15, -0.1) is 0 Å². The second kappa shape index (κ2) is 5.76. The molecule has 1 aromatic carbocycles. The third-order valence-corrected chi connectivity index (χ3v) is 4.76. The molecule has 1 unspecified atom stereocenters. The minimum atomic E-state index is -0.865. The average Bonchev–Trinajstić information content (AvgIpc) is 3.16. The summed E-state index contributed by atoms with van der Waals surface area (Å²) >= 11 is 0. The average molecular weight is 321 g/mol. The van der Waals surface area contributed by atoms with Gasteiger partial charge in [-0.05, 0) is 55.2 Å². The minimum Gasteiger partial charge on any atom is -0.478 e. The first-order valence-electron chi connectivity index (χ1n) is 8.12. The molecule has 3 aromatic rings. The smallest absolute Gasteiger partial charge is 0.335 e. The van der Waals surface area contributed by atoms with E-state index in [4.69, 9.17) is 5.11 Å². The maximum atomic E-state index is 11.1. The number of fused-ring (bicyclic) bond motifs is 2. The van der Waals surface area contributed by atoms with E-state index >= 15 is 0 Å². The molecular weight excluding hydrogens is 302 g/mol. The highest BCUT2D eigenvalue weighted by atomic mass is 16.4. The van der Waals surface area contributed by atoms with Crippen molar-refractivity contribution in [1.29, 1.82) is 0 Å². The summed E-state index contributed by atoms with van der Waals surface area (Å²) in [6, 6.07) is 11.9. The van der Waals surface area contributed by atoms with Crippen LogP contribution in [0.1, 0.15) is 32.9 Å². The number of benzene rings is 1. The number of rotatable bonds is 4. The van der Waals surface area contributed by atoms with Gasteiger partial charge >= 0.3 is 5.97 Å². The van der Waals surface area contributed by atoms with Gasteiger partial charge in [0.05, 0.1) is 17.5 Å².